The summed E-state index contributed by atoms with van der Waals surface area (Å²) in [6, 6.07) is 20.7. The third-order valence-electron chi connectivity index (χ3n) is 5.31. The zero-order valence-electron chi connectivity index (χ0n) is 17.6. The molecule has 1 atom stereocenters. The number of fused-ring (bicyclic) bond motifs is 1. The highest BCUT2D eigenvalue weighted by Gasteiger charge is 2.34. The normalized spacial score (nSPS) is 15.1. The minimum absolute atomic E-state index is 0.229. The molecule has 32 heavy (non-hydrogen) atoms. The second-order valence-electron chi connectivity index (χ2n) is 7.31. The Morgan fingerprint density at radius 2 is 1.88 bits per heavy atom. The van der Waals surface area contributed by atoms with E-state index < -0.39 is 6.04 Å². The van der Waals surface area contributed by atoms with Crippen LogP contribution in [0.4, 0.5) is 11.6 Å². The lowest BCUT2D eigenvalue weighted by Gasteiger charge is -2.28. The van der Waals surface area contributed by atoms with Gasteiger partial charge in [-0.2, -0.15) is 4.98 Å². The topological polar surface area (TPSA) is 81.1 Å². The van der Waals surface area contributed by atoms with E-state index in [1.807, 2.05) is 79.0 Å². The number of nitrogens with zero attached hydrogens (tertiary/aromatic N) is 3. The van der Waals surface area contributed by atoms with Gasteiger partial charge in [0.15, 0.2) is 5.82 Å². The first-order valence-electron chi connectivity index (χ1n) is 10.1. The number of thiophene rings is 1. The first-order valence-corrected chi connectivity index (χ1v) is 11.0. The van der Waals surface area contributed by atoms with Crippen molar-refractivity contribution in [1.29, 1.82) is 0 Å². The number of anilines is 2. The summed E-state index contributed by atoms with van der Waals surface area (Å²) >= 11 is 1.58. The second kappa shape index (κ2) is 8.32. The van der Waals surface area contributed by atoms with Crippen LogP contribution in [-0.4, -0.2) is 27.8 Å². The van der Waals surface area contributed by atoms with E-state index in [1.165, 1.54) is 0 Å². The van der Waals surface area contributed by atoms with Gasteiger partial charge >= 0.3 is 0 Å². The van der Waals surface area contributed by atoms with Crippen molar-refractivity contribution in [2.24, 2.45) is 0 Å². The SMILES string of the molecule is COc1ccccc1NC(=O)C1=C(C)Nc2nc(-c3cccs3)nn2[C@H]1c1ccccc1. The minimum Gasteiger partial charge on any atom is -0.495 e. The first kappa shape index (κ1) is 20.0. The summed E-state index contributed by atoms with van der Waals surface area (Å²) in [5.41, 5.74) is 2.85. The van der Waals surface area contributed by atoms with E-state index in [0.717, 1.165) is 16.1 Å². The highest BCUT2D eigenvalue weighted by molar-refractivity contribution is 7.13. The van der Waals surface area contributed by atoms with Gasteiger partial charge in [-0.3, -0.25) is 4.79 Å². The number of allylic oxidation sites excluding steroid dienone is 1. The van der Waals surface area contributed by atoms with Crippen LogP contribution in [0.1, 0.15) is 18.5 Å². The predicted molar refractivity (Wildman–Crippen MR) is 126 cm³/mol. The fourth-order valence-corrected chi connectivity index (χ4v) is 4.49. The van der Waals surface area contributed by atoms with Crippen LogP contribution in [0.2, 0.25) is 0 Å². The molecule has 8 heteroatoms. The van der Waals surface area contributed by atoms with Crippen LogP contribution in [0.5, 0.6) is 5.75 Å². The summed E-state index contributed by atoms with van der Waals surface area (Å²) in [5.74, 6) is 1.60. The van der Waals surface area contributed by atoms with Gasteiger partial charge in [0, 0.05) is 5.70 Å². The number of ether oxygens (including phenoxy) is 1. The van der Waals surface area contributed by atoms with E-state index >= 15 is 0 Å². The molecule has 160 valence electrons. The molecule has 0 saturated heterocycles. The van der Waals surface area contributed by atoms with Crippen LogP contribution >= 0.6 is 11.3 Å². The molecule has 2 aromatic heterocycles. The fourth-order valence-electron chi connectivity index (χ4n) is 3.84. The Morgan fingerprint density at radius 1 is 1.09 bits per heavy atom. The van der Waals surface area contributed by atoms with Crippen molar-refractivity contribution >= 4 is 28.9 Å². The summed E-state index contributed by atoms with van der Waals surface area (Å²) in [5, 5.41) is 13.0. The van der Waals surface area contributed by atoms with E-state index in [-0.39, 0.29) is 5.91 Å². The Kier molecular flexibility index (Phi) is 5.20. The van der Waals surface area contributed by atoms with Crippen molar-refractivity contribution < 1.29 is 9.53 Å². The number of hydrogen-bond donors (Lipinski definition) is 2. The van der Waals surface area contributed by atoms with E-state index in [9.17, 15) is 4.79 Å². The van der Waals surface area contributed by atoms with Crippen molar-refractivity contribution in [3.63, 3.8) is 0 Å². The molecule has 1 aliphatic heterocycles. The molecule has 0 radical (unpaired) electrons. The average molecular weight is 444 g/mol. The predicted octanol–water partition coefficient (Wildman–Crippen LogP) is 4.94. The maximum atomic E-state index is 13.6. The van der Waals surface area contributed by atoms with Crippen molar-refractivity contribution in [2.45, 2.75) is 13.0 Å². The maximum Gasteiger partial charge on any atom is 0.255 e. The molecule has 1 aliphatic rings. The molecule has 0 bridgehead atoms. The summed E-state index contributed by atoms with van der Waals surface area (Å²) < 4.78 is 7.19. The largest absolute Gasteiger partial charge is 0.495 e. The Balaban J connectivity index is 1.59. The van der Waals surface area contributed by atoms with Crippen molar-refractivity contribution in [3.05, 3.63) is 88.9 Å². The van der Waals surface area contributed by atoms with Gasteiger partial charge in [0.1, 0.15) is 11.8 Å². The molecule has 0 saturated carbocycles. The van der Waals surface area contributed by atoms with Crippen molar-refractivity contribution in [1.82, 2.24) is 14.8 Å². The van der Waals surface area contributed by atoms with E-state index in [0.29, 0.717) is 28.8 Å². The summed E-state index contributed by atoms with van der Waals surface area (Å²) in [6.07, 6.45) is 0. The molecule has 4 aromatic rings. The quantitative estimate of drug-likeness (QED) is 0.457. The van der Waals surface area contributed by atoms with Gasteiger partial charge in [-0.25, -0.2) is 4.68 Å². The van der Waals surface area contributed by atoms with Gasteiger partial charge in [-0.15, -0.1) is 16.4 Å². The number of rotatable bonds is 5. The van der Waals surface area contributed by atoms with Gasteiger partial charge in [-0.1, -0.05) is 48.5 Å². The van der Waals surface area contributed by atoms with E-state index in [4.69, 9.17) is 9.84 Å². The monoisotopic (exact) mass is 443 g/mol. The number of nitrogens with one attached hydrogen (secondary N) is 2. The van der Waals surface area contributed by atoms with Crippen LogP contribution in [0.25, 0.3) is 10.7 Å². The summed E-state index contributed by atoms with van der Waals surface area (Å²) in [7, 11) is 1.58. The van der Waals surface area contributed by atoms with Crippen LogP contribution in [0, 0.1) is 0 Å². The standard InChI is InChI=1S/C24H21N5O2S/c1-15-20(23(30)26-17-11-6-7-12-18(17)31-2)21(16-9-4-3-5-10-16)29-24(25-15)27-22(28-29)19-13-8-14-32-19/h3-14,21H,1-2H3,(H,26,30)(H,25,27,28)/t21-/m0/s1. The molecule has 7 nitrogen and oxygen atoms in total. The molecule has 0 fully saturated rings. The maximum absolute atomic E-state index is 13.6. The third kappa shape index (κ3) is 3.54. The van der Waals surface area contributed by atoms with Crippen molar-refractivity contribution in [3.8, 4) is 16.5 Å². The summed E-state index contributed by atoms with van der Waals surface area (Å²) in [4.78, 5) is 19.2. The number of carbonyl (C=O) groups is 1. The number of benzene rings is 2. The first-order chi connectivity index (χ1) is 15.7. The lowest BCUT2D eigenvalue weighted by molar-refractivity contribution is -0.113. The molecule has 3 heterocycles. The summed E-state index contributed by atoms with van der Waals surface area (Å²) in [6.45, 7) is 1.88. The fraction of sp³-hybridized carbons (Fsp3) is 0.125. The number of carbonyl (C=O) groups excluding carboxylic acids is 1. The molecular formula is C24H21N5O2S. The van der Waals surface area contributed by atoms with Gasteiger partial charge in [0.05, 0.1) is 23.2 Å². The molecule has 2 N–H and O–H groups in total. The lowest BCUT2D eigenvalue weighted by Crippen LogP contribution is -2.31. The smallest absolute Gasteiger partial charge is 0.255 e. The third-order valence-corrected chi connectivity index (χ3v) is 6.18. The molecule has 1 amide bonds. The van der Waals surface area contributed by atoms with Crippen molar-refractivity contribution in [2.75, 3.05) is 17.7 Å². The highest BCUT2D eigenvalue weighted by Crippen LogP contribution is 2.37. The van der Waals surface area contributed by atoms with Crippen LogP contribution < -0.4 is 15.4 Å². The number of para-hydroxylation sites is 2. The molecule has 0 spiro atoms. The Morgan fingerprint density at radius 3 is 2.62 bits per heavy atom. The molecule has 0 aliphatic carbocycles. The number of amides is 1. The molecular weight excluding hydrogens is 422 g/mol. The highest BCUT2D eigenvalue weighted by atomic mass is 32.1. The van der Waals surface area contributed by atoms with Gasteiger partial charge in [0.2, 0.25) is 5.95 Å². The lowest BCUT2D eigenvalue weighted by atomic mass is 9.95. The minimum atomic E-state index is -0.427. The van der Waals surface area contributed by atoms with Crippen LogP contribution in [0.15, 0.2) is 83.4 Å². The van der Waals surface area contributed by atoms with E-state index in [1.54, 1.807) is 23.1 Å². The zero-order valence-corrected chi connectivity index (χ0v) is 18.4. The van der Waals surface area contributed by atoms with Crippen LogP contribution in [-0.2, 0) is 4.79 Å². The second-order valence-corrected chi connectivity index (χ2v) is 8.26. The number of methoxy groups -OCH3 is 1. The Hall–Kier alpha value is -3.91. The van der Waals surface area contributed by atoms with E-state index in [2.05, 4.69) is 15.6 Å². The van der Waals surface area contributed by atoms with Gasteiger partial charge in [-0.05, 0) is 36.1 Å². The number of hydrogen-bond acceptors (Lipinski definition) is 6. The van der Waals surface area contributed by atoms with Gasteiger partial charge < -0.3 is 15.4 Å². The zero-order chi connectivity index (χ0) is 22.1. The Labute approximate surface area is 189 Å². The molecule has 0 unspecified atom stereocenters. The van der Waals surface area contributed by atoms with Crippen LogP contribution in [0.3, 0.4) is 0 Å². The molecule has 2 aromatic carbocycles. The number of aromatic nitrogens is 3. The average Bonchev–Trinajstić information content (AvgIpc) is 3.49. The molecule has 5 rings (SSSR count). The Bertz CT molecular complexity index is 1300. The van der Waals surface area contributed by atoms with Gasteiger partial charge in [0.25, 0.3) is 5.91 Å².